The van der Waals surface area contributed by atoms with Gasteiger partial charge in [-0.2, -0.15) is 5.26 Å². The van der Waals surface area contributed by atoms with E-state index in [9.17, 15) is 20.2 Å². The number of benzene rings is 3. The van der Waals surface area contributed by atoms with Crippen LogP contribution in [0.15, 0.2) is 72.3 Å². The lowest BCUT2D eigenvalue weighted by molar-refractivity contribution is -0.384. The minimum absolute atomic E-state index is 0.169. The van der Waals surface area contributed by atoms with Crippen LogP contribution in [0.25, 0.3) is 6.08 Å². The molecule has 0 heterocycles. The van der Waals surface area contributed by atoms with E-state index in [-0.39, 0.29) is 23.6 Å². The normalized spacial score (nSPS) is 10.8. The van der Waals surface area contributed by atoms with Crippen LogP contribution in [0.2, 0.25) is 0 Å². The summed E-state index contributed by atoms with van der Waals surface area (Å²) >= 11 is 0. The second-order valence-corrected chi connectivity index (χ2v) is 7.11. The van der Waals surface area contributed by atoms with E-state index in [1.165, 1.54) is 37.5 Å². The molecule has 1 amide bonds. The lowest BCUT2D eigenvalue weighted by atomic mass is 10.1. The first-order chi connectivity index (χ1) is 15.9. The maximum atomic E-state index is 12.6. The number of ether oxygens (including phenoxy) is 2. The molecule has 0 atom stereocenters. The minimum Gasteiger partial charge on any atom is -0.497 e. The van der Waals surface area contributed by atoms with E-state index in [4.69, 9.17) is 9.47 Å². The van der Waals surface area contributed by atoms with Gasteiger partial charge in [0.1, 0.15) is 29.7 Å². The van der Waals surface area contributed by atoms with Crippen molar-refractivity contribution in [2.75, 3.05) is 12.4 Å². The number of methoxy groups -OCH3 is 1. The minimum atomic E-state index is -0.696. The lowest BCUT2D eigenvalue weighted by Gasteiger charge is -2.12. The number of amides is 1. The van der Waals surface area contributed by atoms with Crippen molar-refractivity contribution in [2.45, 2.75) is 13.5 Å². The second-order valence-electron chi connectivity index (χ2n) is 7.11. The SMILES string of the molecule is COc1ccc(/C=C(\C#N)C(=O)Nc2cccc([N+](=O)[O-])c2)c(OCc2cccc(C)c2)c1. The molecule has 0 saturated carbocycles. The van der Waals surface area contributed by atoms with Crippen LogP contribution in [0.5, 0.6) is 11.5 Å². The van der Waals surface area contributed by atoms with E-state index >= 15 is 0 Å². The highest BCUT2D eigenvalue weighted by atomic mass is 16.6. The van der Waals surface area contributed by atoms with E-state index in [0.29, 0.717) is 17.1 Å². The van der Waals surface area contributed by atoms with Gasteiger partial charge in [0.05, 0.1) is 12.0 Å². The van der Waals surface area contributed by atoms with Crippen LogP contribution in [0, 0.1) is 28.4 Å². The van der Waals surface area contributed by atoms with Gasteiger partial charge in [0.25, 0.3) is 11.6 Å². The van der Waals surface area contributed by atoms with E-state index in [1.807, 2.05) is 37.3 Å². The number of carbonyl (C=O) groups is 1. The summed E-state index contributed by atoms with van der Waals surface area (Å²) in [6.45, 7) is 2.28. The van der Waals surface area contributed by atoms with Crippen molar-refractivity contribution in [1.82, 2.24) is 0 Å². The van der Waals surface area contributed by atoms with Crippen LogP contribution < -0.4 is 14.8 Å². The summed E-state index contributed by atoms with van der Waals surface area (Å²) in [5.41, 5.74) is 2.43. The van der Waals surface area contributed by atoms with Gasteiger partial charge >= 0.3 is 0 Å². The molecule has 3 rings (SSSR count). The Labute approximate surface area is 190 Å². The quantitative estimate of drug-likeness (QED) is 0.226. The molecule has 0 aliphatic carbocycles. The van der Waals surface area contributed by atoms with Gasteiger partial charge < -0.3 is 14.8 Å². The summed E-state index contributed by atoms with van der Waals surface area (Å²) in [6.07, 6.45) is 1.40. The Kier molecular flexibility index (Phi) is 7.39. The van der Waals surface area contributed by atoms with Crippen molar-refractivity contribution < 1.29 is 19.2 Å². The molecule has 0 radical (unpaired) electrons. The van der Waals surface area contributed by atoms with Crippen molar-refractivity contribution >= 4 is 23.4 Å². The zero-order chi connectivity index (χ0) is 23.8. The fourth-order valence-corrected chi connectivity index (χ4v) is 3.05. The first kappa shape index (κ1) is 23.0. The third-order valence-corrected chi connectivity index (χ3v) is 4.68. The highest BCUT2D eigenvalue weighted by Gasteiger charge is 2.14. The number of rotatable bonds is 8. The zero-order valence-corrected chi connectivity index (χ0v) is 18.1. The fraction of sp³-hybridized carbons (Fsp3) is 0.120. The summed E-state index contributed by atoms with van der Waals surface area (Å²) < 4.78 is 11.2. The topological polar surface area (TPSA) is 114 Å². The smallest absolute Gasteiger partial charge is 0.271 e. The van der Waals surface area contributed by atoms with Gasteiger partial charge in [0.15, 0.2) is 0 Å². The molecular formula is C25H21N3O5. The standard InChI is InChI=1S/C25H21N3O5/c1-17-5-3-6-18(11-17)16-33-24-14-23(32-2)10-9-19(24)12-20(15-26)25(29)27-21-7-4-8-22(13-21)28(30)31/h3-14H,16H2,1-2H3,(H,27,29)/b20-12+. The number of nitriles is 1. The molecule has 1 N–H and O–H groups in total. The number of non-ortho nitro benzene ring substituents is 1. The van der Waals surface area contributed by atoms with Crippen molar-refractivity contribution in [3.05, 3.63) is 99.1 Å². The molecule has 0 aliphatic rings. The predicted molar refractivity (Wildman–Crippen MR) is 124 cm³/mol. The van der Waals surface area contributed by atoms with Gasteiger partial charge in [-0.1, -0.05) is 35.9 Å². The Morgan fingerprint density at radius 3 is 2.64 bits per heavy atom. The first-order valence-electron chi connectivity index (χ1n) is 9.93. The zero-order valence-electron chi connectivity index (χ0n) is 18.1. The van der Waals surface area contributed by atoms with E-state index in [0.717, 1.165) is 11.1 Å². The molecule has 0 saturated heterocycles. The van der Waals surface area contributed by atoms with Gasteiger partial charge in [-0.3, -0.25) is 14.9 Å². The summed E-state index contributed by atoms with van der Waals surface area (Å²) in [4.78, 5) is 23.0. The number of nitro benzene ring substituents is 1. The predicted octanol–water partition coefficient (Wildman–Crippen LogP) is 5.04. The molecule has 0 aliphatic heterocycles. The number of carbonyl (C=O) groups excluding carboxylic acids is 1. The third kappa shape index (κ3) is 6.18. The van der Waals surface area contributed by atoms with Crippen molar-refractivity contribution in [3.63, 3.8) is 0 Å². The van der Waals surface area contributed by atoms with E-state index < -0.39 is 10.8 Å². The maximum absolute atomic E-state index is 12.6. The Bertz CT molecular complexity index is 1260. The van der Waals surface area contributed by atoms with Gasteiger partial charge in [-0.15, -0.1) is 0 Å². The molecule has 3 aromatic rings. The molecule has 8 nitrogen and oxygen atoms in total. The molecule has 3 aromatic carbocycles. The summed E-state index contributed by atoms with van der Waals surface area (Å²) in [6, 6.07) is 20.3. The Balaban J connectivity index is 1.86. The summed E-state index contributed by atoms with van der Waals surface area (Å²) in [5, 5.41) is 23.0. The summed E-state index contributed by atoms with van der Waals surface area (Å²) in [5.74, 6) is 0.302. The third-order valence-electron chi connectivity index (χ3n) is 4.68. The number of anilines is 1. The van der Waals surface area contributed by atoms with Gasteiger partial charge in [0, 0.05) is 29.4 Å². The Morgan fingerprint density at radius 1 is 1.15 bits per heavy atom. The van der Waals surface area contributed by atoms with Gasteiger partial charge in [0.2, 0.25) is 0 Å². The number of nitrogens with zero attached hydrogens (tertiary/aromatic N) is 2. The average molecular weight is 443 g/mol. The molecule has 0 bridgehead atoms. The number of nitrogens with one attached hydrogen (secondary N) is 1. The number of aryl methyl sites for hydroxylation is 1. The number of nitro groups is 1. The van der Waals surface area contributed by atoms with E-state index in [1.54, 1.807) is 18.2 Å². The molecule has 0 fully saturated rings. The van der Waals surface area contributed by atoms with Crippen molar-refractivity contribution in [3.8, 4) is 17.6 Å². The van der Waals surface area contributed by atoms with Gasteiger partial charge in [-0.25, -0.2) is 0 Å². The average Bonchev–Trinajstić information content (AvgIpc) is 2.81. The van der Waals surface area contributed by atoms with Crippen molar-refractivity contribution in [2.24, 2.45) is 0 Å². The highest BCUT2D eigenvalue weighted by molar-refractivity contribution is 6.10. The molecule has 0 spiro atoms. The molecule has 166 valence electrons. The van der Waals surface area contributed by atoms with Crippen LogP contribution in [0.1, 0.15) is 16.7 Å². The van der Waals surface area contributed by atoms with Crippen LogP contribution in [-0.2, 0) is 11.4 Å². The lowest BCUT2D eigenvalue weighted by Crippen LogP contribution is -2.13. The Morgan fingerprint density at radius 2 is 1.94 bits per heavy atom. The van der Waals surface area contributed by atoms with Crippen LogP contribution in [0.3, 0.4) is 0 Å². The molecular weight excluding hydrogens is 422 g/mol. The number of hydrogen-bond acceptors (Lipinski definition) is 6. The number of hydrogen-bond donors (Lipinski definition) is 1. The molecule has 0 aromatic heterocycles. The summed E-state index contributed by atoms with van der Waals surface area (Å²) in [7, 11) is 1.53. The fourth-order valence-electron chi connectivity index (χ4n) is 3.05. The Hall–Kier alpha value is -4.64. The largest absolute Gasteiger partial charge is 0.497 e. The van der Waals surface area contributed by atoms with E-state index in [2.05, 4.69) is 5.32 Å². The maximum Gasteiger partial charge on any atom is 0.271 e. The van der Waals surface area contributed by atoms with Crippen LogP contribution >= 0.6 is 0 Å². The van der Waals surface area contributed by atoms with Crippen LogP contribution in [0.4, 0.5) is 11.4 Å². The first-order valence-corrected chi connectivity index (χ1v) is 9.93. The second kappa shape index (κ2) is 10.6. The van der Waals surface area contributed by atoms with Crippen LogP contribution in [-0.4, -0.2) is 17.9 Å². The molecule has 33 heavy (non-hydrogen) atoms. The molecule has 0 unspecified atom stereocenters. The van der Waals surface area contributed by atoms with Crippen molar-refractivity contribution in [1.29, 1.82) is 5.26 Å². The van der Waals surface area contributed by atoms with Gasteiger partial charge in [-0.05, 0) is 36.8 Å². The molecule has 8 heteroatoms. The monoisotopic (exact) mass is 443 g/mol. The highest BCUT2D eigenvalue weighted by Crippen LogP contribution is 2.28.